The molecule has 2 N–H and O–H groups in total. The molecule has 0 aromatic heterocycles. The van der Waals surface area contributed by atoms with Gasteiger partial charge in [-0.15, -0.1) is 0 Å². The highest BCUT2D eigenvalue weighted by Gasteiger charge is 2.39. The minimum Gasteiger partial charge on any atom is -0.497 e. The van der Waals surface area contributed by atoms with Crippen LogP contribution in [0.25, 0.3) is 0 Å². The third-order valence-corrected chi connectivity index (χ3v) is 4.62. The van der Waals surface area contributed by atoms with Crippen LogP contribution in [0.5, 0.6) is 5.75 Å². The molecule has 2 fully saturated rings. The van der Waals surface area contributed by atoms with E-state index >= 15 is 0 Å². The first kappa shape index (κ1) is 12.7. The van der Waals surface area contributed by atoms with E-state index in [1.165, 1.54) is 25.7 Å². The Kier molecular flexibility index (Phi) is 3.60. The van der Waals surface area contributed by atoms with Crippen molar-refractivity contribution < 1.29 is 4.74 Å². The molecule has 0 spiro atoms. The molecule has 102 valence electrons. The summed E-state index contributed by atoms with van der Waals surface area (Å²) in [7, 11) is 1.67. The topological polar surface area (TPSA) is 33.3 Å². The van der Waals surface area contributed by atoms with Crippen LogP contribution in [0, 0.1) is 11.8 Å². The van der Waals surface area contributed by atoms with E-state index < -0.39 is 0 Å². The van der Waals surface area contributed by atoms with Gasteiger partial charge in [-0.1, -0.05) is 6.42 Å². The molecule has 3 atom stereocenters. The summed E-state index contributed by atoms with van der Waals surface area (Å²) in [6.45, 7) is 0. The zero-order chi connectivity index (χ0) is 13.2. The molecular formula is C15H20N2OS. The molecule has 2 bridgehead atoms. The first-order valence-corrected chi connectivity index (χ1v) is 7.37. The van der Waals surface area contributed by atoms with Crippen molar-refractivity contribution in [2.75, 3.05) is 12.4 Å². The number of rotatable bonds is 3. The molecule has 2 aliphatic rings. The van der Waals surface area contributed by atoms with Crippen LogP contribution in [0.4, 0.5) is 5.69 Å². The summed E-state index contributed by atoms with van der Waals surface area (Å²) in [4.78, 5) is 0. The highest BCUT2D eigenvalue weighted by molar-refractivity contribution is 7.80. The number of anilines is 1. The lowest BCUT2D eigenvalue weighted by Crippen LogP contribution is -2.40. The predicted molar refractivity (Wildman–Crippen MR) is 81.6 cm³/mol. The van der Waals surface area contributed by atoms with Crippen LogP contribution in [0.1, 0.15) is 25.7 Å². The summed E-state index contributed by atoms with van der Waals surface area (Å²) in [5.74, 6) is 2.63. The molecule has 2 aliphatic carbocycles. The van der Waals surface area contributed by atoms with Gasteiger partial charge in [-0.25, -0.2) is 0 Å². The fourth-order valence-electron chi connectivity index (χ4n) is 3.43. The Morgan fingerprint density at radius 1 is 1.21 bits per heavy atom. The largest absolute Gasteiger partial charge is 0.497 e. The van der Waals surface area contributed by atoms with Crippen molar-refractivity contribution in [3.63, 3.8) is 0 Å². The minimum atomic E-state index is 0.581. The zero-order valence-electron chi connectivity index (χ0n) is 11.2. The highest BCUT2D eigenvalue weighted by Crippen LogP contribution is 2.44. The molecule has 0 aliphatic heterocycles. The number of nitrogens with one attached hydrogen (secondary N) is 2. The Labute approximate surface area is 119 Å². The van der Waals surface area contributed by atoms with Crippen molar-refractivity contribution in [2.24, 2.45) is 11.8 Å². The third-order valence-electron chi connectivity index (χ3n) is 4.40. The molecule has 1 aromatic rings. The van der Waals surface area contributed by atoms with Crippen LogP contribution in [-0.2, 0) is 0 Å². The first-order valence-electron chi connectivity index (χ1n) is 6.96. The molecule has 0 unspecified atom stereocenters. The maximum atomic E-state index is 5.40. The molecule has 19 heavy (non-hydrogen) atoms. The van der Waals surface area contributed by atoms with E-state index in [1.807, 2.05) is 24.3 Å². The average Bonchev–Trinajstić information content (AvgIpc) is 3.02. The Balaban J connectivity index is 1.53. The molecular weight excluding hydrogens is 256 g/mol. The van der Waals surface area contributed by atoms with E-state index in [9.17, 15) is 0 Å². The zero-order valence-corrected chi connectivity index (χ0v) is 12.0. The van der Waals surface area contributed by atoms with E-state index in [4.69, 9.17) is 17.0 Å². The molecule has 0 heterocycles. The highest BCUT2D eigenvalue weighted by atomic mass is 32.1. The fourth-order valence-corrected chi connectivity index (χ4v) is 3.70. The molecule has 4 heteroatoms. The van der Waals surface area contributed by atoms with Gasteiger partial charge in [-0.2, -0.15) is 0 Å². The molecule has 0 radical (unpaired) electrons. The van der Waals surface area contributed by atoms with Crippen LogP contribution >= 0.6 is 12.2 Å². The summed E-state index contributed by atoms with van der Waals surface area (Å²) >= 11 is 5.40. The SMILES string of the molecule is COc1ccc(NC(=S)N[C@@H]2C[C@@H]3CC[C@@H]2C3)cc1. The second-order valence-corrected chi connectivity index (χ2v) is 6.02. The third kappa shape index (κ3) is 2.84. The molecule has 0 saturated heterocycles. The second kappa shape index (κ2) is 5.37. The number of thiocarbonyl (C=S) groups is 1. The first-order chi connectivity index (χ1) is 9.24. The van der Waals surface area contributed by atoms with E-state index in [-0.39, 0.29) is 0 Å². The van der Waals surface area contributed by atoms with Gasteiger partial charge < -0.3 is 15.4 Å². The normalized spacial score (nSPS) is 28.2. The maximum absolute atomic E-state index is 5.40. The number of hydrogen-bond donors (Lipinski definition) is 2. The van der Waals surface area contributed by atoms with Gasteiger partial charge in [0.1, 0.15) is 5.75 Å². The van der Waals surface area contributed by atoms with Crippen molar-refractivity contribution in [1.82, 2.24) is 5.32 Å². The van der Waals surface area contributed by atoms with E-state index in [2.05, 4.69) is 10.6 Å². The summed E-state index contributed by atoms with van der Waals surface area (Å²) < 4.78 is 5.14. The van der Waals surface area contributed by atoms with Crippen molar-refractivity contribution in [3.05, 3.63) is 24.3 Å². The number of fused-ring (bicyclic) bond motifs is 2. The summed E-state index contributed by atoms with van der Waals surface area (Å²) in [5.41, 5.74) is 1.00. The van der Waals surface area contributed by atoms with Crippen molar-refractivity contribution >= 4 is 23.0 Å². The summed E-state index contributed by atoms with van der Waals surface area (Å²) in [6.07, 6.45) is 5.47. The molecule has 0 amide bonds. The van der Waals surface area contributed by atoms with E-state index in [0.29, 0.717) is 6.04 Å². The number of hydrogen-bond acceptors (Lipinski definition) is 2. The Morgan fingerprint density at radius 3 is 2.58 bits per heavy atom. The van der Waals surface area contributed by atoms with Crippen LogP contribution < -0.4 is 15.4 Å². The Bertz CT molecular complexity index is 460. The second-order valence-electron chi connectivity index (χ2n) is 5.61. The van der Waals surface area contributed by atoms with Gasteiger partial charge in [-0.3, -0.25) is 0 Å². The van der Waals surface area contributed by atoms with Crippen LogP contribution in [0.15, 0.2) is 24.3 Å². The van der Waals surface area contributed by atoms with Crippen molar-refractivity contribution in [1.29, 1.82) is 0 Å². The van der Waals surface area contributed by atoms with Gasteiger partial charge in [0.25, 0.3) is 0 Å². The van der Waals surface area contributed by atoms with Gasteiger partial charge in [0.05, 0.1) is 7.11 Å². The van der Waals surface area contributed by atoms with Gasteiger partial charge in [-0.05, 0) is 67.6 Å². The lowest BCUT2D eigenvalue weighted by molar-refractivity contribution is 0.392. The van der Waals surface area contributed by atoms with Crippen molar-refractivity contribution in [2.45, 2.75) is 31.7 Å². The van der Waals surface area contributed by atoms with Crippen molar-refractivity contribution in [3.8, 4) is 5.75 Å². The summed E-state index contributed by atoms with van der Waals surface area (Å²) in [5, 5.41) is 7.46. The summed E-state index contributed by atoms with van der Waals surface area (Å²) in [6, 6.07) is 8.41. The minimum absolute atomic E-state index is 0.581. The quantitative estimate of drug-likeness (QED) is 0.831. The van der Waals surface area contributed by atoms with E-state index in [0.717, 1.165) is 28.4 Å². The van der Waals surface area contributed by atoms with Gasteiger partial charge >= 0.3 is 0 Å². The van der Waals surface area contributed by atoms with Gasteiger partial charge in [0.15, 0.2) is 5.11 Å². The van der Waals surface area contributed by atoms with Crippen LogP contribution in [0.3, 0.4) is 0 Å². The number of ether oxygens (including phenoxy) is 1. The Hall–Kier alpha value is -1.29. The monoisotopic (exact) mass is 276 g/mol. The number of methoxy groups -OCH3 is 1. The lowest BCUT2D eigenvalue weighted by atomic mass is 9.96. The van der Waals surface area contributed by atoms with Gasteiger partial charge in [0.2, 0.25) is 0 Å². The smallest absolute Gasteiger partial charge is 0.171 e. The standard InChI is InChI=1S/C15H20N2OS/c1-18-13-6-4-12(5-7-13)16-15(19)17-14-9-10-2-3-11(14)8-10/h4-7,10-11,14H,2-3,8-9H2,1H3,(H2,16,17,19)/t10-,11-,14-/m1/s1. The number of benzene rings is 1. The van der Waals surface area contributed by atoms with Crippen LogP contribution in [-0.4, -0.2) is 18.3 Å². The lowest BCUT2D eigenvalue weighted by Gasteiger charge is -2.24. The predicted octanol–water partition coefficient (Wildman–Crippen LogP) is 3.17. The molecule has 2 saturated carbocycles. The average molecular weight is 276 g/mol. The Morgan fingerprint density at radius 2 is 2.00 bits per heavy atom. The maximum Gasteiger partial charge on any atom is 0.171 e. The van der Waals surface area contributed by atoms with Gasteiger partial charge in [0, 0.05) is 11.7 Å². The fraction of sp³-hybridized carbons (Fsp3) is 0.533. The molecule has 1 aromatic carbocycles. The van der Waals surface area contributed by atoms with Crippen LogP contribution in [0.2, 0.25) is 0 Å². The molecule has 3 nitrogen and oxygen atoms in total. The molecule has 3 rings (SSSR count). The van der Waals surface area contributed by atoms with E-state index in [1.54, 1.807) is 7.11 Å².